The normalized spacial score (nSPS) is 17.6. The molecule has 1 aromatic heterocycles. The Morgan fingerprint density at radius 1 is 1.48 bits per heavy atom. The van der Waals surface area contributed by atoms with E-state index in [0.717, 1.165) is 0 Å². The highest BCUT2D eigenvalue weighted by molar-refractivity contribution is 5.83. The third kappa shape index (κ3) is 4.34. The minimum atomic E-state index is -0.457. The average Bonchev–Trinajstić information content (AvgIpc) is 2.83. The van der Waals surface area contributed by atoms with Crippen molar-refractivity contribution in [3.8, 4) is 5.75 Å². The first kappa shape index (κ1) is 15.1. The Morgan fingerprint density at radius 3 is 2.90 bits per heavy atom. The maximum atomic E-state index is 11.8. The van der Waals surface area contributed by atoms with Gasteiger partial charge in [-0.25, -0.2) is 4.79 Å². The van der Waals surface area contributed by atoms with Crippen LogP contribution in [0.4, 0.5) is 0 Å². The van der Waals surface area contributed by atoms with Crippen molar-refractivity contribution in [2.75, 3.05) is 19.6 Å². The first-order chi connectivity index (χ1) is 9.94. The molecule has 0 aromatic carbocycles. The molecule has 0 unspecified atom stereocenters. The highest BCUT2D eigenvalue weighted by Crippen LogP contribution is 2.18. The van der Waals surface area contributed by atoms with Gasteiger partial charge < -0.3 is 19.4 Å². The molecule has 0 spiro atoms. The topological polar surface area (TPSA) is 88.8 Å². The molecule has 1 fully saturated rings. The molecular weight excluding hydrogens is 276 g/mol. The fourth-order valence-electron chi connectivity index (χ4n) is 2.20. The second-order valence-corrected chi connectivity index (χ2v) is 5.00. The molecule has 1 atom stereocenters. The summed E-state index contributed by atoms with van der Waals surface area (Å²) in [4.78, 5) is 35.5. The van der Waals surface area contributed by atoms with E-state index in [2.05, 4.69) is 5.32 Å². The van der Waals surface area contributed by atoms with Crippen LogP contribution in [0, 0.1) is 6.92 Å². The number of aryl methyl sites for hydroxylation is 1. The van der Waals surface area contributed by atoms with E-state index in [1.807, 2.05) is 0 Å². The lowest BCUT2D eigenvalue weighted by Crippen LogP contribution is -2.39. The maximum Gasteiger partial charge on any atom is 0.339 e. The third-order valence-corrected chi connectivity index (χ3v) is 3.16. The van der Waals surface area contributed by atoms with E-state index in [-0.39, 0.29) is 24.5 Å². The van der Waals surface area contributed by atoms with Crippen LogP contribution in [-0.4, -0.2) is 42.5 Å². The molecule has 0 bridgehead atoms. The zero-order chi connectivity index (χ0) is 15.4. The molecule has 2 rings (SSSR count). The smallest absolute Gasteiger partial charge is 0.339 e. The molecule has 1 aliphatic rings. The molecule has 1 N–H and O–H groups in total. The van der Waals surface area contributed by atoms with Gasteiger partial charge in [-0.05, 0) is 6.92 Å². The number of carbonyl (C=O) groups is 2. The van der Waals surface area contributed by atoms with Gasteiger partial charge in [0.05, 0.1) is 19.2 Å². The van der Waals surface area contributed by atoms with E-state index in [0.29, 0.717) is 31.0 Å². The molecule has 1 saturated heterocycles. The van der Waals surface area contributed by atoms with Gasteiger partial charge in [0.15, 0.2) is 0 Å². The largest absolute Gasteiger partial charge is 0.488 e. The summed E-state index contributed by atoms with van der Waals surface area (Å²) < 4.78 is 10.6. The van der Waals surface area contributed by atoms with Gasteiger partial charge in [0.1, 0.15) is 17.6 Å². The van der Waals surface area contributed by atoms with E-state index >= 15 is 0 Å². The molecular formula is C14H18N2O5. The molecule has 0 aliphatic carbocycles. The van der Waals surface area contributed by atoms with Crippen molar-refractivity contribution in [2.24, 2.45) is 0 Å². The zero-order valence-electron chi connectivity index (χ0n) is 12.0. The van der Waals surface area contributed by atoms with Crippen molar-refractivity contribution in [3.63, 3.8) is 0 Å². The highest BCUT2D eigenvalue weighted by atomic mass is 16.5. The van der Waals surface area contributed by atoms with Crippen LogP contribution in [0.25, 0.3) is 0 Å². The monoisotopic (exact) mass is 294 g/mol. The molecule has 2 heterocycles. The van der Waals surface area contributed by atoms with Crippen molar-refractivity contribution >= 4 is 11.8 Å². The fraction of sp³-hybridized carbons (Fsp3) is 0.500. The Bertz CT molecular complexity index is 595. The van der Waals surface area contributed by atoms with Gasteiger partial charge in [-0.2, -0.15) is 0 Å². The van der Waals surface area contributed by atoms with Gasteiger partial charge in [0.25, 0.3) is 0 Å². The predicted molar refractivity (Wildman–Crippen MR) is 74.0 cm³/mol. The summed E-state index contributed by atoms with van der Waals surface area (Å²) >= 11 is 0. The number of rotatable bonds is 4. The standard InChI is InChI=1S/C14H18N2O5/c1-9-5-12(6-14(19)20-9)21-11-3-4-16(8-11)13(18)7-15-10(2)17/h5-6,11H,3-4,7-8H2,1-2H3,(H,15,17)/t11-/m0/s1. The first-order valence-electron chi connectivity index (χ1n) is 6.74. The average molecular weight is 294 g/mol. The number of amides is 2. The SMILES string of the molecule is CC(=O)NCC(=O)N1CC[C@H](Oc2cc(C)oc(=O)c2)C1. The lowest BCUT2D eigenvalue weighted by atomic mass is 10.3. The Balaban J connectivity index is 1.89. The molecule has 114 valence electrons. The Kier molecular flexibility index (Phi) is 4.62. The van der Waals surface area contributed by atoms with Crippen LogP contribution < -0.4 is 15.7 Å². The molecule has 0 saturated carbocycles. The number of carbonyl (C=O) groups excluding carboxylic acids is 2. The second-order valence-electron chi connectivity index (χ2n) is 5.00. The minimum Gasteiger partial charge on any atom is -0.488 e. The molecule has 7 nitrogen and oxygen atoms in total. The van der Waals surface area contributed by atoms with E-state index in [1.165, 1.54) is 13.0 Å². The zero-order valence-corrected chi connectivity index (χ0v) is 12.0. The number of nitrogens with zero attached hydrogens (tertiary/aromatic N) is 1. The minimum absolute atomic E-state index is 0.00388. The summed E-state index contributed by atoms with van der Waals surface area (Å²) in [5.41, 5.74) is -0.457. The van der Waals surface area contributed by atoms with Crippen LogP contribution in [-0.2, 0) is 9.59 Å². The molecule has 21 heavy (non-hydrogen) atoms. The molecule has 2 amide bonds. The van der Waals surface area contributed by atoms with E-state index < -0.39 is 5.63 Å². The second kappa shape index (κ2) is 6.43. The van der Waals surface area contributed by atoms with Gasteiger partial charge in [-0.3, -0.25) is 9.59 Å². The van der Waals surface area contributed by atoms with E-state index in [1.54, 1.807) is 17.9 Å². The summed E-state index contributed by atoms with van der Waals surface area (Å²) in [6.45, 7) is 4.05. The lowest BCUT2D eigenvalue weighted by Gasteiger charge is -2.17. The third-order valence-electron chi connectivity index (χ3n) is 3.16. The summed E-state index contributed by atoms with van der Waals surface area (Å²) in [5, 5.41) is 2.48. The Morgan fingerprint density at radius 2 is 2.24 bits per heavy atom. The van der Waals surface area contributed by atoms with Crippen LogP contribution in [0.3, 0.4) is 0 Å². The molecule has 1 aliphatic heterocycles. The Hall–Kier alpha value is -2.31. The highest BCUT2D eigenvalue weighted by Gasteiger charge is 2.27. The fourth-order valence-corrected chi connectivity index (χ4v) is 2.20. The first-order valence-corrected chi connectivity index (χ1v) is 6.74. The molecule has 7 heteroatoms. The van der Waals surface area contributed by atoms with Crippen LogP contribution in [0.1, 0.15) is 19.1 Å². The lowest BCUT2D eigenvalue weighted by molar-refractivity contribution is -0.131. The van der Waals surface area contributed by atoms with Gasteiger partial charge in [-0.1, -0.05) is 0 Å². The van der Waals surface area contributed by atoms with Crippen LogP contribution in [0.5, 0.6) is 5.75 Å². The number of nitrogens with one attached hydrogen (secondary N) is 1. The van der Waals surface area contributed by atoms with Crippen LogP contribution in [0.2, 0.25) is 0 Å². The number of hydrogen-bond acceptors (Lipinski definition) is 5. The van der Waals surface area contributed by atoms with E-state index in [9.17, 15) is 14.4 Å². The summed E-state index contributed by atoms with van der Waals surface area (Å²) in [7, 11) is 0. The summed E-state index contributed by atoms with van der Waals surface area (Å²) in [6.07, 6.45) is 0.526. The van der Waals surface area contributed by atoms with Gasteiger partial charge in [0.2, 0.25) is 11.8 Å². The van der Waals surface area contributed by atoms with Crippen molar-refractivity contribution in [2.45, 2.75) is 26.4 Å². The van der Waals surface area contributed by atoms with Crippen molar-refractivity contribution in [1.29, 1.82) is 0 Å². The molecule has 0 radical (unpaired) electrons. The predicted octanol–water partition coefficient (Wildman–Crippen LogP) is 0.0640. The van der Waals surface area contributed by atoms with Crippen molar-refractivity contribution in [1.82, 2.24) is 10.2 Å². The van der Waals surface area contributed by atoms with Gasteiger partial charge >= 0.3 is 5.63 Å². The molecule has 1 aromatic rings. The Labute approximate surface area is 121 Å². The maximum absolute atomic E-state index is 11.8. The van der Waals surface area contributed by atoms with Gasteiger partial charge in [-0.15, -0.1) is 0 Å². The summed E-state index contributed by atoms with van der Waals surface area (Å²) in [5.74, 6) is 0.556. The van der Waals surface area contributed by atoms with Crippen molar-refractivity contribution < 1.29 is 18.7 Å². The van der Waals surface area contributed by atoms with E-state index in [4.69, 9.17) is 9.15 Å². The number of hydrogen-bond donors (Lipinski definition) is 1. The van der Waals surface area contributed by atoms with Gasteiger partial charge in [0, 0.05) is 26.0 Å². The summed E-state index contributed by atoms with van der Waals surface area (Å²) in [6, 6.07) is 2.93. The van der Waals surface area contributed by atoms with Crippen LogP contribution in [0.15, 0.2) is 21.3 Å². The number of ether oxygens (including phenoxy) is 1. The number of likely N-dealkylation sites (tertiary alicyclic amines) is 1. The quantitative estimate of drug-likeness (QED) is 0.848. The van der Waals surface area contributed by atoms with Crippen molar-refractivity contribution in [3.05, 3.63) is 28.3 Å². The van der Waals surface area contributed by atoms with Crippen LogP contribution >= 0.6 is 0 Å².